The molecule has 0 atom stereocenters. The van der Waals surface area contributed by atoms with Crippen LogP contribution in [0.2, 0.25) is 0 Å². The quantitative estimate of drug-likeness (QED) is 0.175. The fourth-order valence-electron chi connectivity index (χ4n) is 9.98. The summed E-state index contributed by atoms with van der Waals surface area (Å²) in [6.45, 7) is 21.3. The summed E-state index contributed by atoms with van der Waals surface area (Å²) in [5.74, 6) is 0.636. The maximum absolute atomic E-state index is 11.8. The molecule has 0 amide bonds. The molecule has 0 aliphatic carbocycles. The Morgan fingerprint density at radius 2 is 0.758 bits per heavy atom. The lowest BCUT2D eigenvalue weighted by Gasteiger charge is -2.14. The van der Waals surface area contributed by atoms with Crippen LogP contribution in [0.1, 0.15) is 85.3 Å². The number of nitrogens with one attached hydrogen (secondary N) is 2. The number of hydrogen-bond acceptors (Lipinski definition) is 4. The average Bonchev–Trinajstić information content (AvgIpc) is 4.04. The fourth-order valence-corrected chi connectivity index (χ4v) is 10.5. The second-order valence-electron chi connectivity index (χ2n) is 17.3. The molecule has 6 heteroatoms. The summed E-state index contributed by atoms with van der Waals surface area (Å²) in [6.07, 6.45) is 8.72. The van der Waals surface area contributed by atoms with Crippen molar-refractivity contribution in [2.24, 2.45) is 0 Å². The van der Waals surface area contributed by atoms with Gasteiger partial charge >= 0.3 is 0 Å². The minimum absolute atomic E-state index is 0.114. The van der Waals surface area contributed by atoms with E-state index in [0.717, 1.165) is 83.8 Å². The van der Waals surface area contributed by atoms with Crippen molar-refractivity contribution in [3.63, 3.8) is 0 Å². The van der Waals surface area contributed by atoms with Crippen LogP contribution in [-0.4, -0.2) is 25.1 Å². The fraction of sp³-hybridized carbons (Fsp3) is 0.196. The van der Waals surface area contributed by atoms with Gasteiger partial charge in [0.25, 0.3) is 0 Å². The van der Waals surface area contributed by atoms with Crippen molar-refractivity contribution in [3.05, 3.63) is 163 Å². The van der Waals surface area contributed by atoms with Gasteiger partial charge in [-0.3, -0.25) is 4.79 Å². The van der Waals surface area contributed by atoms with E-state index < -0.39 is 0 Å². The number of aromatic nitrogens is 4. The van der Waals surface area contributed by atoms with Gasteiger partial charge in [-0.1, -0.05) is 89.1 Å². The van der Waals surface area contributed by atoms with Gasteiger partial charge in [-0.2, -0.15) is 0 Å². The second-order valence-corrected chi connectivity index (χ2v) is 18.5. The van der Waals surface area contributed by atoms with E-state index in [-0.39, 0.29) is 5.12 Å². The molecule has 2 aliphatic heterocycles. The van der Waals surface area contributed by atoms with Crippen LogP contribution in [0.25, 0.3) is 90.9 Å². The van der Waals surface area contributed by atoms with Crippen molar-refractivity contribution in [2.45, 2.75) is 75.0 Å². The van der Waals surface area contributed by atoms with Crippen LogP contribution in [0.4, 0.5) is 0 Å². The molecule has 0 saturated heterocycles. The number of rotatable bonds is 6. The maximum Gasteiger partial charge on any atom is 0.186 e. The number of aryl methyl sites for hydroxylation is 9. The number of aromatic amines is 2. The van der Waals surface area contributed by atoms with Gasteiger partial charge in [0, 0.05) is 57.0 Å². The third-order valence-electron chi connectivity index (χ3n) is 12.2. The van der Waals surface area contributed by atoms with Gasteiger partial charge in [-0.05, 0) is 172 Å². The Morgan fingerprint density at radius 1 is 0.435 bits per heavy atom. The molecule has 5 nitrogen and oxygen atoms in total. The van der Waals surface area contributed by atoms with Crippen molar-refractivity contribution < 1.29 is 4.79 Å². The molecule has 9 rings (SSSR count). The molecule has 308 valence electrons. The zero-order valence-electron chi connectivity index (χ0n) is 37.3. The van der Waals surface area contributed by atoms with Crippen molar-refractivity contribution in [1.82, 2.24) is 19.9 Å². The molecule has 0 spiro atoms. The second kappa shape index (κ2) is 16.1. The summed E-state index contributed by atoms with van der Waals surface area (Å²) in [6, 6.07) is 31.0. The highest BCUT2D eigenvalue weighted by Crippen LogP contribution is 2.42. The van der Waals surface area contributed by atoms with E-state index in [1.165, 1.54) is 73.0 Å². The zero-order valence-corrected chi connectivity index (χ0v) is 38.1. The van der Waals surface area contributed by atoms with Crippen molar-refractivity contribution in [2.75, 3.05) is 0 Å². The van der Waals surface area contributed by atoms with Gasteiger partial charge in [0.15, 0.2) is 5.12 Å². The molecular weight excluding hydrogens is 777 g/mol. The Hall–Kier alpha value is -6.50. The molecule has 0 saturated carbocycles. The first-order valence-electron chi connectivity index (χ1n) is 21.4. The van der Waals surface area contributed by atoms with Gasteiger partial charge in [-0.15, -0.1) is 0 Å². The van der Waals surface area contributed by atoms with Gasteiger partial charge in [0.05, 0.1) is 22.8 Å². The zero-order chi connectivity index (χ0) is 43.6. The molecule has 8 bridgehead atoms. The summed E-state index contributed by atoms with van der Waals surface area (Å²) >= 11 is 1.33. The Morgan fingerprint density at radius 3 is 1.11 bits per heavy atom. The first-order valence-corrected chi connectivity index (χ1v) is 22.4. The summed E-state index contributed by atoms with van der Waals surface area (Å²) in [4.78, 5) is 30.9. The van der Waals surface area contributed by atoms with Crippen LogP contribution in [-0.2, 0) is 10.5 Å². The monoisotopic (exact) mass is 828 g/mol. The van der Waals surface area contributed by atoms with E-state index in [2.05, 4.69) is 182 Å². The van der Waals surface area contributed by atoms with Gasteiger partial charge in [0.1, 0.15) is 0 Å². The van der Waals surface area contributed by atoms with E-state index in [4.69, 9.17) is 9.97 Å². The Balaban J connectivity index is 1.48. The average molecular weight is 829 g/mol. The smallest absolute Gasteiger partial charge is 0.186 e. The van der Waals surface area contributed by atoms with E-state index in [0.29, 0.717) is 5.75 Å². The molecule has 0 radical (unpaired) electrons. The molecule has 0 fully saturated rings. The lowest BCUT2D eigenvalue weighted by molar-refractivity contribution is -0.109. The number of thioether (sulfide) groups is 1. The minimum atomic E-state index is 0.114. The predicted octanol–water partition coefficient (Wildman–Crippen LogP) is 14.9. The Bertz CT molecular complexity index is 3020. The molecular formula is C56H52N4OS. The van der Waals surface area contributed by atoms with E-state index in [9.17, 15) is 4.79 Å². The summed E-state index contributed by atoms with van der Waals surface area (Å²) in [5, 5.41) is 0.114. The maximum atomic E-state index is 11.8. The van der Waals surface area contributed by atoms with Crippen LogP contribution < -0.4 is 0 Å². The molecule has 62 heavy (non-hydrogen) atoms. The lowest BCUT2D eigenvalue weighted by atomic mass is 9.92. The summed E-state index contributed by atoms with van der Waals surface area (Å²) in [7, 11) is 0. The molecule has 3 aromatic heterocycles. The topological polar surface area (TPSA) is 74.4 Å². The minimum Gasteiger partial charge on any atom is -0.354 e. The largest absolute Gasteiger partial charge is 0.354 e. The molecule has 7 aromatic rings. The highest BCUT2D eigenvalue weighted by molar-refractivity contribution is 8.12. The third kappa shape index (κ3) is 7.47. The predicted molar refractivity (Wildman–Crippen MR) is 265 cm³/mol. The van der Waals surface area contributed by atoms with Crippen LogP contribution >= 0.6 is 11.8 Å². The Labute approximate surface area is 369 Å². The van der Waals surface area contributed by atoms with E-state index in [1.54, 1.807) is 6.92 Å². The summed E-state index contributed by atoms with van der Waals surface area (Å²) in [5.41, 5.74) is 28.3. The highest BCUT2D eigenvalue weighted by Gasteiger charge is 2.23. The normalized spacial score (nSPS) is 12.1. The van der Waals surface area contributed by atoms with Crippen molar-refractivity contribution in [3.8, 4) is 44.5 Å². The number of benzene rings is 4. The van der Waals surface area contributed by atoms with Gasteiger partial charge in [0.2, 0.25) is 0 Å². The van der Waals surface area contributed by atoms with Crippen LogP contribution in [0.15, 0.2) is 84.9 Å². The molecule has 2 N–H and O–H groups in total. The van der Waals surface area contributed by atoms with E-state index >= 15 is 0 Å². The van der Waals surface area contributed by atoms with Gasteiger partial charge in [-0.25, -0.2) is 9.97 Å². The van der Waals surface area contributed by atoms with Gasteiger partial charge < -0.3 is 9.97 Å². The number of nitrogens with zero attached hydrogens (tertiary/aromatic N) is 2. The third-order valence-corrected chi connectivity index (χ3v) is 13.1. The lowest BCUT2D eigenvalue weighted by Crippen LogP contribution is -1.97. The van der Waals surface area contributed by atoms with Crippen LogP contribution in [0.5, 0.6) is 0 Å². The molecule has 2 aliphatic rings. The number of H-pyrrole nitrogens is 2. The first-order chi connectivity index (χ1) is 29.7. The van der Waals surface area contributed by atoms with Crippen LogP contribution in [0.3, 0.4) is 0 Å². The standard InChI is InChI=1S/C56H52N4OS/c1-30-23-33(4)50(34(5)24-30)54-44-17-15-42(57-44)53(41-13-11-40(12-14-41)29-62-39(10)61)43-16-18-45(58-43)55(51-35(6)25-31(2)26-36(51)7)47-20-22-49(60-47)56(48-21-19-46(54)59-48)52-37(8)27-32(3)28-38(52)9/h11-28,57-58H,29H2,1-10H3. The van der Waals surface area contributed by atoms with Crippen molar-refractivity contribution in [1.29, 1.82) is 0 Å². The van der Waals surface area contributed by atoms with E-state index in [1.807, 2.05) is 0 Å². The molecule has 0 unspecified atom stereocenters. The van der Waals surface area contributed by atoms with Crippen LogP contribution in [0, 0.1) is 62.3 Å². The Kier molecular flexibility index (Phi) is 10.6. The molecule has 5 heterocycles. The van der Waals surface area contributed by atoms with Crippen molar-refractivity contribution >= 4 is 63.2 Å². The number of carbonyl (C=O) groups excluding carboxylic acids is 1. The number of carbonyl (C=O) groups is 1. The number of hydrogen-bond donors (Lipinski definition) is 2. The number of fused-ring (bicyclic) bond motifs is 8. The SMILES string of the molecule is CC(=O)SCc1ccc(-c2c3ccc([nH]3)c(-c3c(C)cc(C)cc3C)c3nc(c(-c4c(C)cc(C)cc4C)c4nc(c(-c5c(C)cc(C)cc5C)c5ccc2[nH]5)C=C4)C=C3)cc1. The molecule has 4 aromatic carbocycles. The first kappa shape index (κ1) is 40.9. The highest BCUT2D eigenvalue weighted by atomic mass is 32.2. The summed E-state index contributed by atoms with van der Waals surface area (Å²) < 4.78 is 0.